The predicted molar refractivity (Wildman–Crippen MR) is 69.4 cm³/mol. The van der Waals surface area contributed by atoms with Crippen molar-refractivity contribution in [3.05, 3.63) is 34.9 Å². The third-order valence-electron chi connectivity index (χ3n) is 2.33. The van der Waals surface area contributed by atoms with Gasteiger partial charge in [-0.2, -0.15) is 0 Å². The summed E-state index contributed by atoms with van der Waals surface area (Å²) in [5.74, 6) is 0.0653. The molecule has 0 saturated heterocycles. The Bertz CT molecular complexity index is 420. The first-order chi connectivity index (χ1) is 8.02. The fourth-order valence-electron chi connectivity index (χ4n) is 1.34. The molecule has 0 amide bonds. The third-order valence-corrected chi connectivity index (χ3v) is 4.25. The van der Waals surface area contributed by atoms with E-state index in [4.69, 9.17) is 11.6 Å². The summed E-state index contributed by atoms with van der Waals surface area (Å²) in [5, 5.41) is 0.404. The molecule has 5 heteroatoms. The van der Waals surface area contributed by atoms with Crippen LogP contribution in [0.15, 0.2) is 24.3 Å². The van der Waals surface area contributed by atoms with Gasteiger partial charge in [0.1, 0.15) is 0 Å². The van der Waals surface area contributed by atoms with Gasteiger partial charge < -0.3 is 4.74 Å². The summed E-state index contributed by atoms with van der Waals surface area (Å²) in [4.78, 5) is 11.1. The Morgan fingerprint density at radius 2 is 2.24 bits per heavy atom. The van der Waals surface area contributed by atoms with Gasteiger partial charge >= 0.3 is 5.97 Å². The second-order valence-electron chi connectivity index (χ2n) is 3.75. The highest BCUT2D eigenvalue weighted by atomic mass is 35.5. The molecular weight excluding hydrogens is 260 g/mol. The first-order valence-electron chi connectivity index (χ1n) is 5.21. The number of benzene rings is 1. The van der Waals surface area contributed by atoms with Crippen molar-refractivity contribution < 1.29 is 13.7 Å². The van der Waals surface area contributed by atoms with Crippen molar-refractivity contribution in [2.75, 3.05) is 7.11 Å². The molecule has 1 aromatic rings. The van der Waals surface area contributed by atoms with Gasteiger partial charge in [0.05, 0.1) is 13.5 Å². The lowest BCUT2D eigenvalue weighted by Crippen LogP contribution is -2.18. The number of halogens is 1. The van der Waals surface area contributed by atoms with Gasteiger partial charge in [-0.25, -0.2) is 0 Å². The van der Waals surface area contributed by atoms with Crippen LogP contribution in [0.25, 0.3) is 0 Å². The molecule has 94 valence electrons. The highest BCUT2D eigenvalue weighted by Gasteiger charge is 2.16. The van der Waals surface area contributed by atoms with Crippen LogP contribution >= 0.6 is 11.6 Å². The number of esters is 1. The second-order valence-corrected chi connectivity index (χ2v) is 6.04. The summed E-state index contributed by atoms with van der Waals surface area (Å²) in [6.45, 7) is 1.78. The van der Waals surface area contributed by atoms with Crippen LogP contribution in [0.2, 0.25) is 5.02 Å². The van der Waals surface area contributed by atoms with Crippen molar-refractivity contribution in [1.82, 2.24) is 0 Å². The van der Waals surface area contributed by atoms with E-state index in [1.54, 1.807) is 19.1 Å². The van der Waals surface area contributed by atoms with Crippen molar-refractivity contribution in [3.63, 3.8) is 0 Å². The Hall–Kier alpha value is -0.870. The lowest BCUT2D eigenvalue weighted by atomic mass is 10.2. The Kier molecular flexibility index (Phi) is 5.65. The maximum atomic E-state index is 11.9. The van der Waals surface area contributed by atoms with Crippen LogP contribution in [-0.2, 0) is 26.1 Å². The number of rotatable bonds is 5. The van der Waals surface area contributed by atoms with E-state index in [0.717, 1.165) is 5.56 Å². The van der Waals surface area contributed by atoms with Gasteiger partial charge in [0.25, 0.3) is 0 Å². The molecule has 0 aliphatic rings. The smallest absolute Gasteiger partial charge is 0.306 e. The van der Waals surface area contributed by atoms with Crippen LogP contribution in [0, 0.1) is 0 Å². The molecule has 0 radical (unpaired) electrons. The van der Waals surface area contributed by atoms with Crippen LogP contribution in [0.1, 0.15) is 18.9 Å². The quantitative estimate of drug-likeness (QED) is 0.775. The number of hydrogen-bond donors (Lipinski definition) is 0. The summed E-state index contributed by atoms with van der Waals surface area (Å²) in [5.41, 5.74) is 0.910. The first kappa shape index (κ1) is 14.2. The molecule has 0 spiro atoms. The van der Waals surface area contributed by atoms with Crippen molar-refractivity contribution >= 4 is 28.4 Å². The van der Waals surface area contributed by atoms with Crippen LogP contribution in [0.4, 0.5) is 0 Å². The van der Waals surface area contributed by atoms with Gasteiger partial charge in [0.2, 0.25) is 0 Å². The SMILES string of the molecule is COC(=O)CC(C)S(=O)Cc1cccc(Cl)c1. The number of carbonyl (C=O) groups excluding carboxylic acids is 1. The van der Waals surface area contributed by atoms with Gasteiger partial charge in [-0.15, -0.1) is 0 Å². The standard InChI is InChI=1S/C12H15ClO3S/c1-9(6-12(14)16-2)17(15)8-10-4-3-5-11(13)7-10/h3-5,7,9H,6,8H2,1-2H3. The molecule has 17 heavy (non-hydrogen) atoms. The first-order valence-corrected chi connectivity index (χ1v) is 6.97. The fraction of sp³-hybridized carbons (Fsp3) is 0.417. The third kappa shape index (κ3) is 4.88. The minimum atomic E-state index is -1.11. The summed E-state index contributed by atoms with van der Waals surface area (Å²) in [6.07, 6.45) is 0.170. The largest absolute Gasteiger partial charge is 0.469 e. The maximum absolute atomic E-state index is 11.9. The molecule has 0 saturated carbocycles. The molecule has 1 rings (SSSR count). The van der Waals surface area contributed by atoms with Gasteiger partial charge in [0, 0.05) is 26.8 Å². The molecule has 1 aromatic carbocycles. The summed E-state index contributed by atoms with van der Waals surface area (Å²) in [7, 11) is 0.223. The van der Waals surface area contributed by atoms with E-state index in [-0.39, 0.29) is 17.6 Å². The van der Waals surface area contributed by atoms with Crippen molar-refractivity contribution in [1.29, 1.82) is 0 Å². The number of ether oxygens (including phenoxy) is 1. The Balaban J connectivity index is 2.57. The Morgan fingerprint density at radius 3 is 2.82 bits per heavy atom. The highest BCUT2D eigenvalue weighted by molar-refractivity contribution is 7.84. The summed E-state index contributed by atoms with van der Waals surface area (Å²) >= 11 is 5.84. The zero-order valence-electron chi connectivity index (χ0n) is 9.81. The fourth-order valence-corrected chi connectivity index (χ4v) is 2.67. The minimum Gasteiger partial charge on any atom is -0.469 e. The zero-order valence-corrected chi connectivity index (χ0v) is 11.4. The van der Waals surface area contributed by atoms with E-state index in [0.29, 0.717) is 10.8 Å². The van der Waals surface area contributed by atoms with E-state index in [1.807, 2.05) is 12.1 Å². The van der Waals surface area contributed by atoms with Gasteiger partial charge in [-0.05, 0) is 17.7 Å². The van der Waals surface area contributed by atoms with E-state index in [2.05, 4.69) is 4.74 Å². The lowest BCUT2D eigenvalue weighted by Gasteiger charge is -2.10. The van der Waals surface area contributed by atoms with E-state index >= 15 is 0 Å². The van der Waals surface area contributed by atoms with Crippen molar-refractivity contribution in [2.24, 2.45) is 0 Å². The molecule has 0 N–H and O–H groups in total. The van der Waals surface area contributed by atoms with Gasteiger partial charge in [0.15, 0.2) is 0 Å². The molecule has 0 aromatic heterocycles. The van der Waals surface area contributed by atoms with Crippen molar-refractivity contribution in [2.45, 2.75) is 24.3 Å². The normalized spacial score (nSPS) is 14.1. The second kappa shape index (κ2) is 6.77. The molecule has 0 aliphatic carbocycles. The zero-order chi connectivity index (χ0) is 12.8. The average molecular weight is 275 g/mol. The molecule has 0 fully saturated rings. The summed E-state index contributed by atoms with van der Waals surface area (Å²) in [6, 6.07) is 7.24. The maximum Gasteiger partial charge on any atom is 0.306 e. The number of carbonyl (C=O) groups is 1. The van der Waals surface area contributed by atoms with Crippen LogP contribution in [-0.4, -0.2) is 22.5 Å². The van der Waals surface area contributed by atoms with E-state index < -0.39 is 10.8 Å². The van der Waals surface area contributed by atoms with E-state index in [9.17, 15) is 9.00 Å². The molecule has 0 aliphatic heterocycles. The lowest BCUT2D eigenvalue weighted by molar-refractivity contribution is -0.140. The van der Waals surface area contributed by atoms with Crippen LogP contribution in [0.3, 0.4) is 0 Å². The highest BCUT2D eigenvalue weighted by Crippen LogP contribution is 2.14. The van der Waals surface area contributed by atoms with Gasteiger partial charge in [-0.1, -0.05) is 30.7 Å². The van der Waals surface area contributed by atoms with Crippen LogP contribution < -0.4 is 0 Å². The molecule has 3 nitrogen and oxygen atoms in total. The molecule has 0 bridgehead atoms. The number of methoxy groups -OCH3 is 1. The molecule has 2 unspecified atom stereocenters. The number of hydrogen-bond acceptors (Lipinski definition) is 3. The molecule has 2 atom stereocenters. The monoisotopic (exact) mass is 274 g/mol. The predicted octanol–water partition coefficient (Wildman–Crippen LogP) is 2.54. The topological polar surface area (TPSA) is 43.4 Å². The van der Waals surface area contributed by atoms with Crippen LogP contribution in [0.5, 0.6) is 0 Å². The Morgan fingerprint density at radius 1 is 1.53 bits per heavy atom. The molecular formula is C12H15ClO3S. The minimum absolute atomic E-state index is 0.170. The van der Waals surface area contributed by atoms with Gasteiger partial charge in [-0.3, -0.25) is 9.00 Å². The average Bonchev–Trinajstić information content (AvgIpc) is 2.28. The summed E-state index contributed by atoms with van der Waals surface area (Å²) < 4.78 is 16.5. The Labute approximate surface area is 109 Å². The molecule has 0 heterocycles. The van der Waals surface area contributed by atoms with E-state index in [1.165, 1.54) is 7.11 Å². The van der Waals surface area contributed by atoms with Crippen molar-refractivity contribution in [3.8, 4) is 0 Å².